The summed E-state index contributed by atoms with van der Waals surface area (Å²) in [5.74, 6) is 0.450. The summed E-state index contributed by atoms with van der Waals surface area (Å²) < 4.78 is 27.7. The number of rotatable bonds is 10. The molecule has 6 nitrogen and oxygen atoms in total. The molecule has 0 aliphatic heterocycles. The van der Waals surface area contributed by atoms with E-state index in [1.807, 2.05) is 44.2 Å². The van der Waals surface area contributed by atoms with Gasteiger partial charge in [-0.15, -0.1) is 0 Å². The molecule has 0 radical (unpaired) electrons. The largest absolute Gasteiger partial charge is 0.497 e. The highest BCUT2D eigenvalue weighted by molar-refractivity contribution is 5.68. The van der Waals surface area contributed by atoms with Gasteiger partial charge in [0.2, 0.25) is 0 Å². The van der Waals surface area contributed by atoms with Crippen molar-refractivity contribution in [2.24, 2.45) is 5.92 Å². The van der Waals surface area contributed by atoms with E-state index in [1.165, 1.54) is 6.07 Å². The van der Waals surface area contributed by atoms with Crippen molar-refractivity contribution in [3.8, 4) is 17.2 Å². The SMILES string of the molecule is COc1ccc(F)c(-n2cnc(COc3cccc([C@@H](CC(=O)O)C4CC4)c3)c2C=C(C)C)c1. The number of imidazole rings is 1. The number of hydrogen-bond acceptors (Lipinski definition) is 4. The second kappa shape index (κ2) is 10.1. The van der Waals surface area contributed by atoms with Gasteiger partial charge in [-0.1, -0.05) is 17.7 Å². The Hall–Kier alpha value is -3.61. The van der Waals surface area contributed by atoms with Gasteiger partial charge in [-0.25, -0.2) is 9.37 Å². The second-order valence-electron chi connectivity index (χ2n) is 8.89. The minimum absolute atomic E-state index is 0.00229. The summed E-state index contributed by atoms with van der Waals surface area (Å²) in [5, 5.41) is 9.31. The molecule has 1 N–H and O–H groups in total. The Morgan fingerprint density at radius 1 is 1.24 bits per heavy atom. The second-order valence-corrected chi connectivity index (χ2v) is 8.89. The average molecular weight is 465 g/mol. The smallest absolute Gasteiger partial charge is 0.303 e. The minimum Gasteiger partial charge on any atom is -0.497 e. The van der Waals surface area contributed by atoms with E-state index in [0.29, 0.717) is 28.8 Å². The quantitative estimate of drug-likeness (QED) is 0.399. The fourth-order valence-electron chi connectivity index (χ4n) is 4.16. The van der Waals surface area contributed by atoms with Crippen molar-refractivity contribution < 1.29 is 23.8 Å². The van der Waals surface area contributed by atoms with Gasteiger partial charge in [0.05, 0.1) is 24.9 Å². The van der Waals surface area contributed by atoms with Crippen LogP contribution >= 0.6 is 0 Å². The lowest BCUT2D eigenvalue weighted by Crippen LogP contribution is -2.08. The van der Waals surface area contributed by atoms with Crippen LogP contribution in [0.15, 0.2) is 54.4 Å². The molecule has 3 aromatic rings. The molecule has 1 aliphatic rings. The van der Waals surface area contributed by atoms with Crippen molar-refractivity contribution in [3.63, 3.8) is 0 Å². The number of aliphatic carboxylic acids is 1. The van der Waals surface area contributed by atoms with E-state index in [-0.39, 0.29) is 24.8 Å². The number of halogens is 1. The van der Waals surface area contributed by atoms with Crippen LogP contribution in [0.25, 0.3) is 11.8 Å². The van der Waals surface area contributed by atoms with Crippen LogP contribution < -0.4 is 9.47 Å². The van der Waals surface area contributed by atoms with Gasteiger partial charge in [0.1, 0.15) is 35.9 Å². The molecule has 1 saturated carbocycles. The number of benzene rings is 2. The lowest BCUT2D eigenvalue weighted by atomic mass is 9.91. The summed E-state index contributed by atoms with van der Waals surface area (Å²) in [4.78, 5) is 15.8. The van der Waals surface area contributed by atoms with E-state index in [1.54, 1.807) is 30.1 Å². The summed E-state index contributed by atoms with van der Waals surface area (Å²) >= 11 is 0. The number of carboxylic acid groups (broad SMARTS) is 1. The molecule has 0 amide bonds. The predicted molar refractivity (Wildman–Crippen MR) is 128 cm³/mol. The highest BCUT2D eigenvalue weighted by Gasteiger charge is 2.33. The molecule has 0 spiro atoms. The van der Waals surface area contributed by atoms with Crippen LogP contribution in [0.5, 0.6) is 11.5 Å². The van der Waals surface area contributed by atoms with Gasteiger partial charge in [0, 0.05) is 6.07 Å². The first-order valence-corrected chi connectivity index (χ1v) is 11.3. The zero-order valence-corrected chi connectivity index (χ0v) is 19.6. The zero-order chi connectivity index (χ0) is 24.2. The summed E-state index contributed by atoms with van der Waals surface area (Å²) in [6.07, 6.45) is 5.77. The van der Waals surface area contributed by atoms with Gasteiger partial charge in [-0.2, -0.15) is 0 Å². The summed E-state index contributed by atoms with van der Waals surface area (Å²) in [5.41, 5.74) is 3.75. The normalized spacial score (nSPS) is 13.9. The number of allylic oxidation sites excluding steroid dienone is 1. The van der Waals surface area contributed by atoms with Crippen LogP contribution in [0.2, 0.25) is 0 Å². The fourth-order valence-corrected chi connectivity index (χ4v) is 4.16. The molecule has 1 atom stereocenters. The van der Waals surface area contributed by atoms with Crippen molar-refractivity contribution in [3.05, 3.63) is 77.1 Å². The third-order valence-electron chi connectivity index (χ3n) is 5.97. The van der Waals surface area contributed by atoms with E-state index >= 15 is 0 Å². The molecule has 0 bridgehead atoms. The van der Waals surface area contributed by atoms with E-state index in [0.717, 1.165) is 29.7 Å². The molecule has 1 fully saturated rings. The van der Waals surface area contributed by atoms with Gasteiger partial charge in [0.25, 0.3) is 0 Å². The Morgan fingerprint density at radius 3 is 2.71 bits per heavy atom. The van der Waals surface area contributed by atoms with Gasteiger partial charge < -0.3 is 14.6 Å². The molecular formula is C27H29FN2O4. The van der Waals surface area contributed by atoms with Crippen LogP contribution in [0.3, 0.4) is 0 Å². The molecule has 4 rings (SSSR count). The van der Waals surface area contributed by atoms with E-state index in [9.17, 15) is 14.3 Å². The third kappa shape index (κ3) is 5.47. The monoisotopic (exact) mass is 464 g/mol. The van der Waals surface area contributed by atoms with Crippen LogP contribution in [-0.2, 0) is 11.4 Å². The lowest BCUT2D eigenvalue weighted by Gasteiger charge is -2.16. The molecule has 2 aromatic carbocycles. The number of hydrogen-bond donors (Lipinski definition) is 1. The Labute approximate surface area is 198 Å². The third-order valence-corrected chi connectivity index (χ3v) is 5.97. The first-order chi connectivity index (χ1) is 16.4. The topological polar surface area (TPSA) is 73.6 Å². The van der Waals surface area contributed by atoms with Crippen molar-refractivity contribution >= 4 is 12.0 Å². The average Bonchev–Trinajstić information content (AvgIpc) is 3.58. The maximum absolute atomic E-state index is 14.7. The molecule has 7 heteroatoms. The number of aromatic nitrogens is 2. The molecular weight excluding hydrogens is 435 g/mol. The maximum Gasteiger partial charge on any atom is 0.303 e. The maximum atomic E-state index is 14.7. The first kappa shape index (κ1) is 23.5. The first-order valence-electron chi connectivity index (χ1n) is 11.3. The lowest BCUT2D eigenvalue weighted by molar-refractivity contribution is -0.137. The Morgan fingerprint density at radius 2 is 2.03 bits per heavy atom. The zero-order valence-electron chi connectivity index (χ0n) is 19.6. The van der Waals surface area contributed by atoms with E-state index in [2.05, 4.69) is 4.98 Å². The molecule has 1 aliphatic carbocycles. The van der Waals surface area contributed by atoms with Crippen LogP contribution in [0.1, 0.15) is 56.0 Å². The Bertz CT molecular complexity index is 1210. The summed E-state index contributed by atoms with van der Waals surface area (Å²) in [6, 6.07) is 12.2. The Balaban J connectivity index is 1.60. The van der Waals surface area contributed by atoms with Crippen LogP contribution in [0.4, 0.5) is 4.39 Å². The molecule has 0 saturated heterocycles. The van der Waals surface area contributed by atoms with Crippen molar-refractivity contribution in [2.45, 2.75) is 45.6 Å². The fraction of sp³-hybridized carbons (Fsp3) is 0.333. The van der Waals surface area contributed by atoms with Crippen LogP contribution in [0, 0.1) is 11.7 Å². The molecule has 0 unspecified atom stereocenters. The van der Waals surface area contributed by atoms with Gasteiger partial charge in [-0.3, -0.25) is 9.36 Å². The highest BCUT2D eigenvalue weighted by atomic mass is 19.1. The number of ether oxygens (including phenoxy) is 2. The highest BCUT2D eigenvalue weighted by Crippen LogP contribution is 2.45. The number of carboxylic acids is 1. The summed E-state index contributed by atoms with van der Waals surface area (Å²) in [7, 11) is 1.54. The van der Waals surface area contributed by atoms with E-state index < -0.39 is 5.97 Å². The van der Waals surface area contributed by atoms with Gasteiger partial charge >= 0.3 is 5.97 Å². The van der Waals surface area contributed by atoms with Crippen molar-refractivity contribution in [1.82, 2.24) is 9.55 Å². The standard InChI is InChI=1S/C27H29FN2O4/c1-17(2)11-26-24(29-16-30(26)25-13-20(33-3)9-10-23(25)28)15-34-21-6-4-5-19(12-21)22(14-27(31)32)18-7-8-18/h4-6,9-13,16,18,22H,7-8,14-15H2,1-3H3,(H,31,32)/t22-/m0/s1. The van der Waals surface area contributed by atoms with E-state index in [4.69, 9.17) is 9.47 Å². The number of nitrogens with zero attached hydrogens (tertiary/aromatic N) is 2. The molecule has 1 heterocycles. The Kier molecular flexibility index (Phi) is 7.01. The summed E-state index contributed by atoms with van der Waals surface area (Å²) in [6.45, 7) is 4.12. The predicted octanol–water partition coefficient (Wildman–Crippen LogP) is 5.99. The number of methoxy groups -OCH3 is 1. The minimum atomic E-state index is -0.787. The molecule has 1 aromatic heterocycles. The van der Waals surface area contributed by atoms with Gasteiger partial charge in [0.15, 0.2) is 0 Å². The van der Waals surface area contributed by atoms with Gasteiger partial charge in [-0.05, 0) is 74.4 Å². The molecule has 178 valence electrons. The molecule has 34 heavy (non-hydrogen) atoms. The van der Waals surface area contributed by atoms with Crippen LogP contribution in [-0.4, -0.2) is 27.7 Å². The van der Waals surface area contributed by atoms with Crippen molar-refractivity contribution in [2.75, 3.05) is 7.11 Å². The van der Waals surface area contributed by atoms with Crippen molar-refractivity contribution in [1.29, 1.82) is 0 Å². The number of carbonyl (C=O) groups is 1.